The number of hydrogen-bond acceptors (Lipinski definition) is 4. The second-order valence-electron chi connectivity index (χ2n) is 1.50. The summed E-state index contributed by atoms with van der Waals surface area (Å²) in [6.45, 7) is 1.23. The molecule has 0 aromatic rings. The minimum absolute atomic E-state index is 0. The standard InChI is InChI=1S/C4H6O4S.Na/c1-3(4(5)6)2-9(7)8;/h2-3H,1H3,(H,5,6);/q;+1/p-1. The van der Waals surface area contributed by atoms with Gasteiger partial charge in [-0.25, -0.2) is 0 Å². The predicted octanol–water partition coefficient (Wildman–Crippen LogP) is -4.94. The van der Waals surface area contributed by atoms with Crippen LogP contribution < -0.4 is 34.7 Å². The Balaban J connectivity index is 0. The predicted molar refractivity (Wildman–Crippen MR) is 29.2 cm³/mol. The summed E-state index contributed by atoms with van der Waals surface area (Å²) < 4.78 is 19.5. The van der Waals surface area contributed by atoms with Crippen LogP contribution in [-0.4, -0.2) is 19.8 Å². The van der Waals surface area contributed by atoms with E-state index in [4.69, 9.17) is 0 Å². The maximum atomic E-state index is 9.82. The van der Waals surface area contributed by atoms with Crippen LogP contribution in [-0.2, 0) is 15.1 Å². The van der Waals surface area contributed by atoms with Gasteiger partial charge in [-0.3, -0.25) is 0 Å². The minimum atomic E-state index is -2.41. The SMILES string of the molecule is CC(C=S(=O)=O)C(=O)[O-].[Na+]. The van der Waals surface area contributed by atoms with E-state index in [1.54, 1.807) is 0 Å². The quantitative estimate of drug-likeness (QED) is 0.309. The topological polar surface area (TPSA) is 74.3 Å². The molecule has 0 saturated carbocycles. The molecule has 1 atom stereocenters. The van der Waals surface area contributed by atoms with E-state index in [0.29, 0.717) is 5.37 Å². The Morgan fingerprint density at radius 1 is 1.60 bits per heavy atom. The van der Waals surface area contributed by atoms with Gasteiger partial charge in [-0.15, -0.1) is 0 Å². The van der Waals surface area contributed by atoms with Gasteiger partial charge in [0.05, 0.1) is 0 Å². The van der Waals surface area contributed by atoms with Gasteiger partial charge < -0.3 is 9.90 Å². The Hall–Kier alpha value is 0.160. The first-order valence-electron chi connectivity index (χ1n) is 2.18. The number of carboxylic acids is 1. The van der Waals surface area contributed by atoms with Gasteiger partial charge in [-0.2, -0.15) is 8.42 Å². The zero-order valence-corrected chi connectivity index (χ0v) is 8.51. The maximum absolute atomic E-state index is 9.82. The van der Waals surface area contributed by atoms with E-state index in [2.05, 4.69) is 0 Å². The summed E-state index contributed by atoms with van der Waals surface area (Å²) >= 11 is 0. The van der Waals surface area contributed by atoms with E-state index in [1.165, 1.54) is 6.92 Å². The summed E-state index contributed by atoms with van der Waals surface area (Å²) in [5.41, 5.74) is 0. The average Bonchev–Trinajstić information content (AvgIpc) is 1.63. The number of rotatable bonds is 2. The normalized spacial score (nSPS) is 10.9. The summed E-state index contributed by atoms with van der Waals surface area (Å²) in [5, 5.41) is 10.5. The van der Waals surface area contributed by atoms with E-state index in [1.807, 2.05) is 0 Å². The summed E-state index contributed by atoms with van der Waals surface area (Å²) in [4.78, 5) is 9.82. The second-order valence-corrected chi connectivity index (χ2v) is 2.30. The van der Waals surface area contributed by atoms with Gasteiger partial charge in [-0.05, 0) is 0 Å². The molecular weight excluding hydrogens is 167 g/mol. The molecule has 1 unspecified atom stereocenters. The molecule has 4 nitrogen and oxygen atoms in total. The van der Waals surface area contributed by atoms with Gasteiger partial charge in [-0.1, -0.05) is 6.92 Å². The molecule has 0 heterocycles. The van der Waals surface area contributed by atoms with Crippen LogP contribution in [0.1, 0.15) is 6.92 Å². The van der Waals surface area contributed by atoms with Gasteiger partial charge >= 0.3 is 29.6 Å². The van der Waals surface area contributed by atoms with Crippen LogP contribution in [0, 0.1) is 5.92 Å². The first-order valence-corrected chi connectivity index (χ1v) is 3.31. The molecule has 0 fully saturated rings. The maximum Gasteiger partial charge on any atom is 1.00 e. The van der Waals surface area contributed by atoms with Crippen LogP contribution in [0.25, 0.3) is 0 Å². The summed E-state index contributed by atoms with van der Waals surface area (Å²) in [7, 11) is -2.41. The van der Waals surface area contributed by atoms with Crippen LogP contribution in [0.15, 0.2) is 0 Å². The summed E-state index contributed by atoms with van der Waals surface area (Å²) in [6.07, 6.45) is 0. The number of carbonyl (C=O) groups is 1. The first-order chi connectivity index (χ1) is 4.04. The van der Waals surface area contributed by atoms with Gasteiger partial charge in [0.25, 0.3) is 0 Å². The van der Waals surface area contributed by atoms with Crippen molar-refractivity contribution in [1.82, 2.24) is 0 Å². The summed E-state index contributed by atoms with van der Waals surface area (Å²) in [5.74, 6) is -2.43. The Morgan fingerprint density at radius 2 is 2.00 bits per heavy atom. The van der Waals surface area contributed by atoms with Gasteiger partial charge in [0, 0.05) is 17.3 Å². The van der Waals surface area contributed by atoms with E-state index < -0.39 is 22.2 Å². The molecule has 0 radical (unpaired) electrons. The largest absolute Gasteiger partial charge is 1.00 e. The zero-order valence-electron chi connectivity index (χ0n) is 5.70. The fraction of sp³-hybridized carbons (Fsp3) is 0.500. The third-order valence-electron chi connectivity index (χ3n) is 0.687. The van der Waals surface area contributed by atoms with Gasteiger partial charge in [0.2, 0.25) is 10.3 Å². The van der Waals surface area contributed by atoms with Crippen molar-refractivity contribution in [2.45, 2.75) is 6.92 Å². The van der Waals surface area contributed by atoms with Crippen molar-refractivity contribution in [2.24, 2.45) is 5.92 Å². The molecule has 0 aromatic heterocycles. The van der Waals surface area contributed by atoms with Crippen molar-refractivity contribution < 1.29 is 47.9 Å². The average molecular weight is 172 g/mol. The molecule has 10 heavy (non-hydrogen) atoms. The monoisotopic (exact) mass is 172 g/mol. The van der Waals surface area contributed by atoms with Crippen LogP contribution in [0.3, 0.4) is 0 Å². The molecule has 0 rings (SSSR count). The van der Waals surface area contributed by atoms with Crippen LogP contribution in [0.4, 0.5) is 0 Å². The Labute approximate surface area is 82.1 Å². The van der Waals surface area contributed by atoms with E-state index >= 15 is 0 Å². The number of hydrogen-bond donors (Lipinski definition) is 0. The smallest absolute Gasteiger partial charge is 0.549 e. The summed E-state index contributed by atoms with van der Waals surface area (Å²) in [6, 6.07) is 0. The fourth-order valence-corrected chi connectivity index (χ4v) is 0.667. The molecule has 0 saturated heterocycles. The van der Waals surface area contributed by atoms with Crippen LogP contribution in [0.5, 0.6) is 0 Å². The fourth-order valence-electron chi connectivity index (χ4n) is 0.222. The number of aliphatic carboxylic acids is 1. The zero-order chi connectivity index (χ0) is 7.44. The first kappa shape index (κ1) is 12.8. The molecule has 0 bridgehead atoms. The Kier molecular flexibility index (Phi) is 7.56. The molecule has 0 aliphatic rings. The van der Waals surface area contributed by atoms with E-state index in [0.717, 1.165) is 0 Å². The molecular formula is C4H5NaO4S. The van der Waals surface area contributed by atoms with Crippen molar-refractivity contribution in [1.29, 1.82) is 0 Å². The molecule has 0 aliphatic carbocycles. The van der Waals surface area contributed by atoms with Crippen molar-refractivity contribution >= 4 is 21.6 Å². The van der Waals surface area contributed by atoms with E-state index in [9.17, 15) is 18.3 Å². The molecule has 0 amide bonds. The molecule has 0 aromatic carbocycles. The van der Waals surface area contributed by atoms with Gasteiger partial charge in [0.1, 0.15) is 0 Å². The third-order valence-corrected chi connectivity index (χ3v) is 1.32. The molecule has 6 heteroatoms. The second kappa shape index (κ2) is 5.91. The van der Waals surface area contributed by atoms with Crippen molar-refractivity contribution in [3.8, 4) is 0 Å². The molecule has 0 spiro atoms. The van der Waals surface area contributed by atoms with E-state index in [-0.39, 0.29) is 29.6 Å². The Morgan fingerprint density at radius 3 is 2.10 bits per heavy atom. The minimum Gasteiger partial charge on any atom is -0.549 e. The molecule has 0 aliphatic heterocycles. The molecule has 0 N–H and O–H groups in total. The number of carbonyl (C=O) groups excluding carboxylic acids is 1. The van der Waals surface area contributed by atoms with Crippen molar-refractivity contribution in [2.75, 3.05) is 0 Å². The third kappa shape index (κ3) is 6.28. The van der Waals surface area contributed by atoms with Crippen molar-refractivity contribution in [3.63, 3.8) is 0 Å². The number of carboxylic acid groups (broad SMARTS) is 1. The molecule has 52 valence electrons. The van der Waals surface area contributed by atoms with Gasteiger partial charge in [0.15, 0.2) is 0 Å². The van der Waals surface area contributed by atoms with Crippen LogP contribution in [0.2, 0.25) is 0 Å². The van der Waals surface area contributed by atoms with Crippen LogP contribution >= 0.6 is 0 Å². The van der Waals surface area contributed by atoms with Crippen molar-refractivity contribution in [3.05, 3.63) is 0 Å². The Bertz CT molecular complexity index is 222.